The fourth-order valence-electron chi connectivity index (χ4n) is 2.23. The van der Waals surface area contributed by atoms with Gasteiger partial charge in [-0.1, -0.05) is 19.1 Å². The van der Waals surface area contributed by atoms with Gasteiger partial charge < -0.3 is 5.32 Å². The average molecular weight is 243 g/mol. The van der Waals surface area contributed by atoms with E-state index < -0.39 is 0 Å². The molecule has 0 radical (unpaired) electrons. The Balaban J connectivity index is 2.40. The number of benzene rings is 1. The normalized spacial score (nSPS) is 10.9. The third kappa shape index (κ3) is 2.31. The highest BCUT2D eigenvalue weighted by Gasteiger charge is 2.11. The van der Waals surface area contributed by atoms with Crippen LogP contribution in [0.2, 0.25) is 0 Å². The van der Waals surface area contributed by atoms with Crippen molar-refractivity contribution in [1.29, 1.82) is 0 Å². The zero-order valence-electron chi connectivity index (χ0n) is 11.6. The molecule has 3 nitrogen and oxygen atoms in total. The van der Waals surface area contributed by atoms with Gasteiger partial charge in [-0.3, -0.25) is 0 Å². The summed E-state index contributed by atoms with van der Waals surface area (Å²) in [7, 11) is 1.96. The Morgan fingerprint density at radius 2 is 1.83 bits per heavy atom. The van der Waals surface area contributed by atoms with Crippen LogP contribution >= 0.6 is 0 Å². The highest BCUT2D eigenvalue weighted by Crippen LogP contribution is 2.18. The summed E-state index contributed by atoms with van der Waals surface area (Å²) in [6.07, 6.45) is 1.07. The molecule has 0 saturated carbocycles. The van der Waals surface area contributed by atoms with Crippen LogP contribution in [0.4, 0.5) is 0 Å². The van der Waals surface area contributed by atoms with Gasteiger partial charge in [0.2, 0.25) is 0 Å². The van der Waals surface area contributed by atoms with E-state index in [1.807, 2.05) is 11.7 Å². The van der Waals surface area contributed by atoms with Crippen LogP contribution in [0.3, 0.4) is 0 Å². The molecule has 2 rings (SSSR count). The zero-order chi connectivity index (χ0) is 13.1. The maximum atomic E-state index is 4.63. The minimum Gasteiger partial charge on any atom is -0.316 e. The van der Waals surface area contributed by atoms with Crippen molar-refractivity contribution < 1.29 is 0 Å². The Labute approximate surface area is 109 Å². The predicted octanol–water partition coefficient (Wildman–Crippen LogP) is 2.77. The molecule has 3 heteroatoms. The SMILES string of the molecule is CCc1ccc(-n2nc(C)c(CNC)c2C)cc1. The third-order valence-corrected chi connectivity index (χ3v) is 3.38. The van der Waals surface area contributed by atoms with Crippen molar-refractivity contribution in [2.45, 2.75) is 33.7 Å². The van der Waals surface area contributed by atoms with Gasteiger partial charge in [-0.15, -0.1) is 0 Å². The first kappa shape index (κ1) is 12.8. The van der Waals surface area contributed by atoms with Gasteiger partial charge in [0.15, 0.2) is 0 Å². The van der Waals surface area contributed by atoms with Crippen molar-refractivity contribution in [2.24, 2.45) is 0 Å². The van der Waals surface area contributed by atoms with Crippen molar-refractivity contribution in [3.63, 3.8) is 0 Å². The van der Waals surface area contributed by atoms with Crippen molar-refractivity contribution in [2.75, 3.05) is 7.05 Å². The van der Waals surface area contributed by atoms with E-state index in [9.17, 15) is 0 Å². The predicted molar refractivity (Wildman–Crippen MR) is 75.2 cm³/mol. The van der Waals surface area contributed by atoms with Crippen LogP contribution in [0, 0.1) is 13.8 Å². The molecule has 0 bridgehead atoms. The lowest BCUT2D eigenvalue weighted by Gasteiger charge is -2.06. The Morgan fingerprint density at radius 1 is 1.17 bits per heavy atom. The van der Waals surface area contributed by atoms with Crippen molar-refractivity contribution >= 4 is 0 Å². The molecule has 0 aliphatic rings. The molecule has 0 spiro atoms. The number of rotatable bonds is 4. The van der Waals surface area contributed by atoms with Crippen molar-refractivity contribution in [3.05, 3.63) is 46.8 Å². The molecule has 96 valence electrons. The quantitative estimate of drug-likeness (QED) is 0.895. The van der Waals surface area contributed by atoms with Gasteiger partial charge in [-0.25, -0.2) is 4.68 Å². The molecule has 0 saturated heterocycles. The van der Waals surface area contributed by atoms with E-state index in [-0.39, 0.29) is 0 Å². The molecule has 0 amide bonds. The average Bonchev–Trinajstić information content (AvgIpc) is 2.67. The number of nitrogens with zero attached hydrogens (tertiary/aromatic N) is 2. The van der Waals surface area contributed by atoms with Crippen LogP contribution in [0.15, 0.2) is 24.3 Å². The third-order valence-electron chi connectivity index (χ3n) is 3.38. The van der Waals surface area contributed by atoms with Crippen LogP contribution in [-0.4, -0.2) is 16.8 Å². The van der Waals surface area contributed by atoms with Crippen LogP contribution in [-0.2, 0) is 13.0 Å². The second kappa shape index (κ2) is 5.36. The molecule has 1 N–H and O–H groups in total. The fraction of sp³-hybridized carbons (Fsp3) is 0.400. The lowest BCUT2D eigenvalue weighted by molar-refractivity contribution is 0.801. The Bertz CT molecular complexity index is 523. The molecule has 0 aliphatic heterocycles. The Hall–Kier alpha value is -1.61. The maximum absolute atomic E-state index is 4.63. The van der Waals surface area contributed by atoms with Gasteiger partial charge in [0.25, 0.3) is 0 Å². The van der Waals surface area contributed by atoms with E-state index >= 15 is 0 Å². The van der Waals surface area contributed by atoms with E-state index in [1.54, 1.807) is 0 Å². The lowest BCUT2D eigenvalue weighted by Crippen LogP contribution is -2.07. The topological polar surface area (TPSA) is 29.9 Å². The summed E-state index contributed by atoms with van der Waals surface area (Å²) < 4.78 is 2.03. The molecule has 0 fully saturated rings. The molecule has 0 aliphatic carbocycles. The number of hydrogen-bond acceptors (Lipinski definition) is 2. The molecule has 1 aromatic heterocycles. The molecular weight excluding hydrogens is 222 g/mol. The maximum Gasteiger partial charge on any atom is 0.0649 e. The van der Waals surface area contributed by atoms with Gasteiger partial charge in [0.05, 0.1) is 11.4 Å². The van der Waals surface area contributed by atoms with E-state index in [0.717, 1.165) is 24.3 Å². The van der Waals surface area contributed by atoms with Crippen LogP contribution in [0.1, 0.15) is 29.4 Å². The van der Waals surface area contributed by atoms with Crippen molar-refractivity contribution in [3.8, 4) is 5.69 Å². The number of aromatic nitrogens is 2. The van der Waals surface area contributed by atoms with Crippen molar-refractivity contribution in [1.82, 2.24) is 15.1 Å². The van der Waals surface area contributed by atoms with Gasteiger partial charge in [0.1, 0.15) is 0 Å². The fourth-order valence-corrected chi connectivity index (χ4v) is 2.23. The van der Waals surface area contributed by atoms with Gasteiger partial charge >= 0.3 is 0 Å². The highest BCUT2D eigenvalue weighted by molar-refractivity contribution is 5.38. The molecule has 0 unspecified atom stereocenters. The Morgan fingerprint density at radius 3 is 2.39 bits per heavy atom. The summed E-state index contributed by atoms with van der Waals surface area (Å²) in [6.45, 7) is 7.23. The summed E-state index contributed by atoms with van der Waals surface area (Å²) >= 11 is 0. The van der Waals surface area contributed by atoms with Gasteiger partial charge in [-0.2, -0.15) is 5.10 Å². The monoisotopic (exact) mass is 243 g/mol. The molecule has 1 aromatic carbocycles. The number of nitrogens with one attached hydrogen (secondary N) is 1. The summed E-state index contributed by atoms with van der Waals surface area (Å²) in [4.78, 5) is 0. The minimum absolute atomic E-state index is 0.866. The minimum atomic E-state index is 0.866. The number of aryl methyl sites for hydroxylation is 2. The van der Waals surface area contributed by atoms with E-state index in [2.05, 4.69) is 55.5 Å². The molecule has 18 heavy (non-hydrogen) atoms. The molecule has 1 heterocycles. The largest absolute Gasteiger partial charge is 0.316 e. The first-order valence-corrected chi connectivity index (χ1v) is 6.46. The van der Waals surface area contributed by atoms with Gasteiger partial charge in [0, 0.05) is 17.8 Å². The smallest absolute Gasteiger partial charge is 0.0649 e. The molecular formula is C15H21N3. The second-order valence-electron chi connectivity index (χ2n) is 4.61. The van der Waals surface area contributed by atoms with E-state index in [0.29, 0.717) is 0 Å². The summed E-state index contributed by atoms with van der Waals surface area (Å²) in [6, 6.07) is 8.62. The standard InChI is InChI=1S/C15H21N3/c1-5-13-6-8-14(9-7-13)18-12(3)15(10-16-4)11(2)17-18/h6-9,16H,5,10H2,1-4H3. The second-order valence-corrected chi connectivity index (χ2v) is 4.61. The van der Waals surface area contributed by atoms with E-state index in [4.69, 9.17) is 0 Å². The lowest BCUT2D eigenvalue weighted by atomic mass is 10.1. The highest BCUT2D eigenvalue weighted by atomic mass is 15.3. The summed E-state index contributed by atoms with van der Waals surface area (Å²) in [5.74, 6) is 0. The van der Waals surface area contributed by atoms with Gasteiger partial charge in [-0.05, 0) is 45.0 Å². The summed E-state index contributed by atoms with van der Waals surface area (Å²) in [5, 5.41) is 7.83. The summed E-state index contributed by atoms with van der Waals surface area (Å²) in [5.41, 5.74) is 6.09. The van der Waals surface area contributed by atoms with Crippen LogP contribution in [0.25, 0.3) is 5.69 Å². The Kier molecular flexibility index (Phi) is 3.82. The van der Waals surface area contributed by atoms with Crippen LogP contribution < -0.4 is 5.32 Å². The number of hydrogen-bond donors (Lipinski definition) is 1. The van der Waals surface area contributed by atoms with E-state index in [1.165, 1.54) is 16.8 Å². The first-order chi connectivity index (χ1) is 8.67. The molecule has 2 aromatic rings. The van der Waals surface area contributed by atoms with Crippen LogP contribution in [0.5, 0.6) is 0 Å². The molecule has 0 atom stereocenters. The first-order valence-electron chi connectivity index (χ1n) is 6.46. The zero-order valence-corrected chi connectivity index (χ0v) is 11.6.